The summed E-state index contributed by atoms with van der Waals surface area (Å²) in [5.41, 5.74) is 2.82. The van der Waals surface area contributed by atoms with E-state index in [1.807, 2.05) is 6.08 Å². The van der Waals surface area contributed by atoms with E-state index in [4.69, 9.17) is 4.74 Å². The van der Waals surface area contributed by atoms with Crippen LogP contribution in [-0.2, 0) is 11.2 Å². The van der Waals surface area contributed by atoms with E-state index in [9.17, 15) is 0 Å². The van der Waals surface area contributed by atoms with Crippen molar-refractivity contribution in [2.45, 2.75) is 44.8 Å². The van der Waals surface area contributed by atoms with Gasteiger partial charge in [0.05, 0.1) is 12.7 Å². The van der Waals surface area contributed by atoms with E-state index in [2.05, 4.69) is 43.1 Å². The Labute approximate surface area is 116 Å². The Morgan fingerprint density at radius 2 is 2.32 bits per heavy atom. The summed E-state index contributed by atoms with van der Waals surface area (Å²) in [5.74, 6) is 0. The SMILES string of the molecule is C=CCCCC(NCC)C1OCCc2ccccc21. The fourth-order valence-corrected chi connectivity index (χ4v) is 2.86. The molecule has 0 amide bonds. The number of hydrogen-bond donors (Lipinski definition) is 1. The second kappa shape index (κ2) is 7.46. The Balaban J connectivity index is 2.10. The van der Waals surface area contributed by atoms with Gasteiger partial charge in [0, 0.05) is 6.04 Å². The van der Waals surface area contributed by atoms with E-state index in [1.165, 1.54) is 17.5 Å². The van der Waals surface area contributed by atoms with Crippen LogP contribution in [0.1, 0.15) is 43.4 Å². The van der Waals surface area contributed by atoms with Crippen molar-refractivity contribution in [3.63, 3.8) is 0 Å². The largest absolute Gasteiger partial charge is 0.372 e. The highest BCUT2D eigenvalue weighted by atomic mass is 16.5. The summed E-state index contributed by atoms with van der Waals surface area (Å²) in [6, 6.07) is 9.11. The van der Waals surface area contributed by atoms with Gasteiger partial charge in [-0.15, -0.1) is 6.58 Å². The summed E-state index contributed by atoms with van der Waals surface area (Å²) >= 11 is 0. The maximum atomic E-state index is 6.06. The lowest BCUT2D eigenvalue weighted by Crippen LogP contribution is -2.38. The maximum absolute atomic E-state index is 6.06. The van der Waals surface area contributed by atoms with E-state index in [-0.39, 0.29) is 6.10 Å². The number of rotatable bonds is 7. The first-order valence-electron chi connectivity index (χ1n) is 7.40. The Hall–Kier alpha value is -1.12. The van der Waals surface area contributed by atoms with Crippen molar-refractivity contribution in [3.8, 4) is 0 Å². The zero-order chi connectivity index (χ0) is 13.5. The Morgan fingerprint density at radius 1 is 1.47 bits per heavy atom. The summed E-state index contributed by atoms with van der Waals surface area (Å²) in [4.78, 5) is 0. The molecule has 2 rings (SSSR count). The van der Waals surface area contributed by atoms with Gasteiger partial charge in [-0.1, -0.05) is 37.3 Å². The lowest BCUT2D eigenvalue weighted by Gasteiger charge is -2.33. The van der Waals surface area contributed by atoms with E-state index in [0.717, 1.165) is 32.4 Å². The predicted octanol–water partition coefficient (Wildman–Crippen LogP) is 3.63. The minimum absolute atomic E-state index is 0.203. The first-order valence-corrected chi connectivity index (χ1v) is 7.40. The normalized spacial score (nSPS) is 19.7. The van der Waals surface area contributed by atoms with Crippen LogP contribution in [0.2, 0.25) is 0 Å². The van der Waals surface area contributed by atoms with E-state index in [1.54, 1.807) is 0 Å². The minimum Gasteiger partial charge on any atom is -0.372 e. The lowest BCUT2D eigenvalue weighted by atomic mass is 9.91. The molecule has 1 aromatic rings. The number of benzene rings is 1. The maximum Gasteiger partial charge on any atom is 0.0980 e. The van der Waals surface area contributed by atoms with Gasteiger partial charge in [0.1, 0.15) is 0 Å². The molecule has 0 fully saturated rings. The fourth-order valence-electron chi connectivity index (χ4n) is 2.86. The molecule has 0 saturated heterocycles. The average Bonchev–Trinajstić information content (AvgIpc) is 2.46. The van der Waals surface area contributed by atoms with Crippen LogP contribution < -0.4 is 5.32 Å². The highest BCUT2D eigenvalue weighted by Gasteiger charge is 2.27. The van der Waals surface area contributed by atoms with Crippen molar-refractivity contribution in [2.75, 3.05) is 13.2 Å². The molecule has 1 aliphatic rings. The zero-order valence-corrected chi connectivity index (χ0v) is 11.9. The molecule has 1 N–H and O–H groups in total. The van der Waals surface area contributed by atoms with E-state index >= 15 is 0 Å². The summed E-state index contributed by atoms with van der Waals surface area (Å²) < 4.78 is 6.06. The van der Waals surface area contributed by atoms with Crippen LogP contribution in [0, 0.1) is 0 Å². The molecule has 0 radical (unpaired) electrons. The molecule has 19 heavy (non-hydrogen) atoms. The first kappa shape index (κ1) is 14.3. The molecular formula is C17H25NO. The molecule has 0 bridgehead atoms. The van der Waals surface area contributed by atoms with Gasteiger partial charge in [-0.25, -0.2) is 0 Å². The number of fused-ring (bicyclic) bond motifs is 1. The third-order valence-electron chi connectivity index (χ3n) is 3.79. The molecule has 1 heterocycles. The van der Waals surface area contributed by atoms with E-state index < -0.39 is 0 Å². The van der Waals surface area contributed by atoms with Gasteiger partial charge >= 0.3 is 0 Å². The zero-order valence-electron chi connectivity index (χ0n) is 11.9. The van der Waals surface area contributed by atoms with Gasteiger partial charge in [-0.2, -0.15) is 0 Å². The Kier molecular flexibility index (Phi) is 5.62. The predicted molar refractivity (Wildman–Crippen MR) is 80.4 cm³/mol. The summed E-state index contributed by atoms with van der Waals surface area (Å²) in [6.45, 7) is 7.79. The van der Waals surface area contributed by atoms with Crippen molar-refractivity contribution in [3.05, 3.63) is 48.0 Å². The molecule has 0 aliphatic carbocycles. The van der Waals surface area contributed by atoms with Crippen LogP contribution in [0.25, 0.3) is 0 Å². The molecule has 2 unspecified atom stereocenters. The standard InChI is InChI=1S/C17H25NO/c1-3-5-6-11-16(18-4-2)17-15-10-8-7-9-14(15)12-13-19-17/h3,7-10,16-18H,1,4-6,11-13H2,2H3. The van der Waals surface area contributed by atoms with Crippen LogP contribution in [0.15, 0.2) is 36.9 Å². The van der Waals surface area contributed by atoms with Crippen LogP contribution in [0.4, 0.5) is 0 Å². The van der Waals surface area contributed by atoms with Crippen molar-refractivity contribution < 1.29 is 4.74 Å². The minimum atomic E-state index is 0.203. The molecule has 2 nitrogen and oxygen atoms in total. The van der Waals surface area contributed by atoms with Crippen molar-refractivity contribution in [1.29, 1.82) is 0 Å². The third kappa shape index (κ3) is 3.68. The molecular weight excluding hydrogens is 234 g/mol. The quantitative estimate of drug-likeness (QED) is 0.596. The van der Waals surface area contributed by atoms with Gasteiger partial charge in [0.25, 0.3) is 0 Å². The van der Waals surface area contributed by atoms with Crippen molar-refractivity contribution in [2.24, 2.45) is 0 Å². The number of nitrogens with one attached hydrogen (secondary N) is 1. The molecule has 2 atom stereocenters. The molecule has 104 valence electrons. The monoisotopic (exact) mass is 259 g/mol. The van der Waals surface area contributed by atoms with Crippen molar-refractivity contribution in [1.82, 2.24) is 5.32 Å². The second-order valence-electron chi connectivity index (χ2n) is 5.12. The fraction of sp³-hybridized carbons (Fsp3) is 0.529. The Morgan fingerprint density at radius 3 is 3.11 bits per heavy atom. The number of likely N-dealkylation sites (N-methyl/N-ethyl adjacent to an activating group) is 1. The lowest BCUT2D eigenvalue weighted by molar-refractivity contribution is 0.0132. The third-order valence-corrected chi connectivity index (χ3v) is 3.79. The molecule has 1 aliphatic heterocycles. The second-order valence-corrected chi connectivity index (χ2v) is 5.12. The number of hydrogen-bond acceptors (Lipinski definition) is 2. The molecule has 0 aromatic heterocycles. The highest BCUT2D eigenvalue weighted by Crippen LogP contribution is 2.31. The van der Waals surface area contributed by atoms with Gasteiger partial charge in [-0.05, 0) is 43.4 Å². The summed E-state index contributed by atoms with van der Waals surface area (Å²) in [7, 11) is 0. The van der Waals surface area contributed by atoms with Gasteiger partial charge in [-0.3, -0.25) is 0 Å². The Bertz CT molecular complexity index is 402. The van der Waals surface area contributed by atoms with Gasteiger partial charge in [0.2, 0.25) is 0 Å². The molecule has 1 aromatic carbocycles. The number of allylic oxidation sites excluding steroid dienone is 1. The van der Waals surface area contributed by atoms with Gasteiger partial charge < -0.3 is 10.1 Å². The number of unbranched alkanes of at least 4 members (excludes halogenated alkanes) is 1. The summed E-state index contributed by atoms with van der Waals surface area (Å²) in [6.07, 6.45) is 6.63. The topological polar surface area (TPSA) is 21.3 Å². The highest BCUT2D eigenvalue weighted by molar-refractivity contribution is 5.31. The van der Waals surface area contributed by atoms with Gasteiger partial charge in [0.15, 0.2) is 0 Å². The van der Waals surface area contributed by atoms with Crippen LogP contribution in [0.5, 0.6) is 0 Å². The first-order chi connectivity index (χ1) is 9.36. The van der Waals surface area contributed by atoms with Crippen molar-refractivity contribution >= 4 is 0 Å². The average molecular weight is 259 g/mol. The van der Waals surface area contributed by atoms with E-state index in [0.29, 0.717) is 6.04 Å². The van der Waals surface area contributed by atoms with Crippen LogP contribution >= 0.6 is 0 Å². The smallest absolute Gasteiger partial charge is 0.0980 e. The van der Waals surface area contributed by atoms with Crippen LogP contribution in [-0.4, -0.2) is 19.2 Å². The summed E-state index contributed by atoms with van der Waals surface area (Å²) in [5, 5.41) is 3.59. The molecule has 0 saturated carbocycles. The molecule has 0 spiro atoms. The van der Waals surface area contributed by atoms with Crippen LogP contribution in [0.3, 0.4) is 0 Å². The molecule has 2 heteroatoms. The number of ether oxygens (including phenoxy) is 1.